The number of benzene rings is 2. The number of rotatable bonds is 6. The molecule has 0 radical (unpaired) electrons. The van der Waals surface area contributed by atoms with Gasteiger partial charge in [-0.1, -0.05) is 30.7 Å². The van der Waals surface area contributed by atoms with Gasteiger partial charge in [0.2, 0.25) is 5.91 Å². The average Bonchev–Trinajstić information content (AvgIpc) is 3.04. The zero-order valence-electron chi connectivity index (χ0n) is 17.8. The van der Waals surface area contributed by atoms with E-state index in [0.29, 0.717) is 13.1 Å². The number of nitrogens with one attached hydrogen (secondary N) is 1. The van der Waals surface area contributed by atoms with Gasteiger partial charge in [-0.25, -0.2) is 0 Å². The number of nitrogens with zero attached hydrogens (tertiary/aromatic N) is 2. The molecule has 156 valence electrons. The Labute approximate surface area is 177 Å². The van der Waals surface area contributed by atoms with Crippen LogP contribution < -0.4 is 5.32 Å². The summed E-state index contributed by atoms with van der Waals surface area (Å²) in [4.78, 5) is 27.1. The highest BCUT2D eigenvalue weighted by Gasteiger charge is 2.23. The summed E-state index contributed by atoms with van der Waals surface area (Å²) < 4.78 is 2.17. The number of ketones is 1. The quantitative estimate of drug-likeness (QED) is 0.626. The number of carbonyl (C=O) groups excluding carboxylic acids is 2. The van der Waals surface area contributed by atoms with E-state index in [1.54, 1.807) is 0 Å². The van der Waals surface area contributed by atoms with E-state index >= 15 is 0 Å². The number of para-hydroxylation sites is 1. The molecule has 1 aliphatic heterocycles. The lowest BCUT2D eigenvalue weighted by Crippen LogP contribution is -2.34. The molecule has 1 fully saturated rings. The van der Waals surface area contributed by atoms with Crippen molar-refractivity contribution in [1.82, 2.24) is 14.8 Å². The van der Waals surface area contributed by atoms with E-state index in [1.807, 2.05) is 31.2 Å². The Morgan fingerprint density at radius 3 is 2.43 bits per heavy atom. The Morgan fingerprint density at radius 2 is 1.73 bits per heavy atom. The van der Waals surface area contributed by atoms with E-state index in [4.69, 9.17) is 0 Å². The molecule has 1 saturated heterocycles. The van der Waals surface area contributed by atoms with Gasteiger partial charge < -0.3 is 9.88 Å². The minimum absolute atomic E-state index is 0.0606. The van der Waals surface area contributed by atoms with Crippen molar-refractivity contribution in [2.75, 3.05) is 19.6 Å². The van der Waals surface area contributed by atoms with Crippen molar-refractivity contribution in [3.8, 4) is 5.69 Å². The van der Waals surface area contributed by atoms with Gasteiger partial charge >= 0.3 is 0 Å². The van der Waals surface area contributed by atoms with Crippen molar-refractivity contribution in [1.29, 1.82) is 0 Å². The molecule has 0 unspecified atom stereocenters. The monoisotopic (exact) mass is 403 g/mol. The maximum atomic E-state index is 13.4. The molecule has 0 spiro atoms. The minimum atomic E-state index is -0.0606. The highest BCUT2D eigenvalue weighted by molar-refractivity contribution is 6.11. The van der Waals surface area contributed by atoms with Crippen LogP contribution in [0.1, 0.15) is 47.8 Å². The predicted octanol–water partition coefficient (Wildman–Crippen LogP) is 4.24. The topological polar surface area (TPSA) is 54.3 Å². The third-order valence-corrected chi connectivity index (χ3v) is 5.92. The van der Waals surface area contributed by atoms with Gasteiger partial charge in [0.05, 0.1) is 12.1 Å². The lowest BCUT2D eigenvalue weighted by molar-refractivity contribution is -0.119. The van der Waals surface area contributed by atoms with Crippen molar-refractivity contribution < 1.29 is 9.59 Å². The van der Waals surface area contributed by atoms with Gasteiger partial charge in [-0.05, 0) is 62.7 Å². The number of piperidine rings is 1. The number of carbonyl (C=O) groups is 2. The van der Waals surface area contributed by atoms with Crippen LogP contribution in [-0.2, 0) is 11.3 Å². The highest BCUT2D eigenvalue weighted by Crippen LogP contribution is 2.31. The fourth-order valence-corrected chi connectivity index (χ4v) is 4.46. The van der Waals surface area contributed by atoms with Gasteiger partial charge in [0.15, 0.2) is 5.78 Å². The third kappa shape index (κ3) is 4.17. The van der Waals surface area contributed by atoms with Gasteiger partial charge in [0, 0.05) is 35.8 Å². The van der Waals surface area contributed by atoms with Crippen molar-refractivity contribution in [2.45, 2.75) is 39.7 Å². The number of amides is 1. The van der Waals surface area contributed by atoms with Gasteiger partial charge in [-0.15, -0.1) is 0 Å². The summed E-state index contributed by atoms with van der Waals surface area (Å²) in [5.41, 5.74) is 4.83. The van der Waals surface area contributed by atoms with Gasteiger partial charge in [0.1, 0.15) is 0 Å². The van der Waals surface area contributed by atoms with Crippen LogP contribution in [0.4, 0.5) is 0 Å². The molecule has 2 heterocycles. The molecule has 30 heavy (non-hydrogen) atoms. The second-order valence-electron chi connectivity index (χ2n) is 8.15. The standard InChI is InChI=1S/C25H29N3O2/c1-18-25(24(30)17-27-13-7-4-8-14-27)22-15-20(16-26-19(2)29)11-12-23(22)28(18)21-9-5-3-6-10-21/h3,5-6,9-12,15H,4,7-8,13-14,16-17H2,1-2H3,(H,26,29). The summed E-state index contributed by atoms with van der Waals surface area (Å²) >= 11 is 0. The largest absolute Gasteiger partial charge is 0.352 e. The Kier molecular flexibility index (Phi) is 6.00. The number of Topliss-reactive ketones (excluding diaryl/α,β-unsaturated/α-hetero) is 1. The van der Waals surface area contributed by atoms with Crippen molar-refractivity contribution in [3.63, 3.8) is 0 Å². The molecule has 0 saturated carbocycles. The molecule has 5 nitrogen and oxygen atoms in total. The van der Waals surface area contributed by atoms with Crippen LogP contribution in [0.15, 0.2) is 48.5 Å². The normalized spacial score (nSPS) is 14.7. The summed E-state index contributed by atoms with van der Waals surface area (Å²) in [7, 11) is 0. The predicted molar refractivity (Wildman–Crippen MR) is 120 cm³/mol. The lowest BCUT2D eigenvalue weighted by Gasteiger charge is -2.25. The summed E-state index contributed by atoms with van der Waals surface area (Å²) in [6.45, 7) is 6.46. The van der Waals surface area contributed by atoms with E-state index in [9.17, 15) is 9.59 Å². The molecule has 5 heteroatoms. The number of likely N-dealkylation sites (tertiary alicyclic amines) is 1. The molecule has 0 atom stereocenters. The van der Waals surface area contributed by atoms with Crippen LogP contribution in [-0.4, -0.2) is 40.8 Å². The zero-order chi connectivity index (χ0) is 21.1. The van der Waals surface area contributed by atoms with Crippen molar-refractivity contribution >= 4 is 22.6 Å². The highest BCUT2D eigenvalue weighted by atomic mass is 16.1. The van der Waals surface area contributed by atoms with Gasteiger partial charge in [-0.3, -0.25) is 14.5 Å². The fraction of sp³-hybridized carbons (Fsp3) is 0.360. The average molecular weight is 404 g/mol. The smallest absolute Gasteiger partial charge is 0.217 e. The van der Waals surface area contributed by atoms with E-state index in [2.05, 4.69) is 39.0 Å². The fourth-order valence-electron chi connectivity index (χ4n) is 4.46. The third-order valence-electron chi connectivity index (χ3n) is 5.92. The van der Waals surface area contributed by atoms with E-state index in [-0.39, 0.29) is 11.7 Å². The maximum Gasteiger partial charge on any atom is 0.217 e. The van der Waals surface area contributed by atoms with Crippen LogP contribution in [0.3, 0.4) is 0 Å². The molecule has 1 aliphatic rings. The van der Waals surface area contributed by atoms with E-state index in [0.717, 1.165) is 46.5 Å². The molecule has 0 bridgehead atoms. The second-order valence-corrected chi connectivity index (χ2v) is 8.15. The Bertz CT molecular complexity index is 1060. The van der Waals surface area contributed by atoms with Crippen LogP contribution in [0.2, 0.25) is 0 Å². The summed E-state index contributed by atoms with van der Waals surface area (Å²) in [6.07, 6.45) is 3.58. The van der Waals surface area contributed by atoms with Crippen molar-refractivity contribution in [2.24, 2.45) is 0 Å². The first-order valence-electron chi connectivity index (χ1n) is 10.7. The number of hydrogen-bond acceptors (Lipinski definition) is 3. The molecular weight excluding hydrogens is 374 g/mol. The summed E-state index contributed by atoms with van der Waals surface area (Å²) in [6, 6.07) is 16.3. The maximum absolute atomic E-state index is 13.4. The molecule has 0 aliphatic carbocycles. The van der Waals surface area contributed by atoms with Crippen LogP contribution in [0, 0.1) is 6.92 Å². The number of hydrogen-bond donors (Lipinski definition) is 1. The van der Waals surface area contributed by atoms with Gasteiger partial charge in [-0.2, -0.15) is 0 Å². The van der Waals surface area contributed by atoms with Gasteiger partial charge in [0.25, 0.3) is 0 Å². The summed E-state index contributed by atoms with van der Waals surface area (Å²) in [5, 5.41) is 3.81. The molecule has 1 aromatic heterocycles. The summed E-state index contributed by atoms with van der Waals surface area (Å²) in [5.74, 6) is 0.111. The lowest BCUT2D eigenvalue weighted by atomic mass is 10.0. The van der Waals surface area contributed by atoms with E-state index < -0.39 is 0 Å². The Hall–Kier alpha value is -2.92. The Balaban J connectivity index is 1.79. The first kappa shape index (κ1) is 20.4. The second kappa shape index (κ2) is 8.84. The van der Waals surface area contributed by atoms with E-state index in [1.165, 1.54) is 26.2 Å². The number of aromatic nitrogens is 1. The Morgan fingerprint density at radius 1 is 1.00 bits per heavy atom. The molecule has 1 N–H and O–H groups in total. The molecule has 2 aromatic carbocycles. The first-order chi connectivity index (χ1) is 14.5. The first-order valence-corrected chi connectivity index (χ1v) is 10.7. The molecular formula is C25H29N3O2. The van der Waals surface area contributed by atoms with Crippen LogP contribution in [0.5, 0.6) is 0 Å². The number of fused-ring (bicyclic) bond motifs is 1. The van der Waals surface area contributed by atoms with Crippen LogP contribution in [0.25, 0.3) is 16.6 Å². The SMILES string of the molecule is CC(=O)NCc1ccc2c(c1)c(C(=O)CN1CCCCC1)c(C)n2-c1ccccc1. The molecule has 4 rings (SSSR count). The zero-order valence-corrected chi connectivity index (χ0v) is 17.8. The molecule has 1 amide bonds. The van der Waals surface area contributed by atoms with Crippen LogP contribution >= 0.6 is 0 Å². The van der Waals surface area contributed by atoms with Crippen molar-refractivity contribution in [3.05, 3.63) is 65.4 Å². The molecule has 3 aromatic rings. The minimum Gasteiger partial charge on any atom is -0.352 e.